The molecule has 1 aliphatic carbocycles. The molecule has 0 spiro atoms. The van der Waals surface area contributed by atoms with E-state index in [1.807, 2.05) is 33.7 Å². The lowest BCUT2D eigenvalue weighted by Gasteiger charge is -2.36. The van der Waals surface area contributed by atoms with Crippen LogP contribution >= 0.6 is 0 Å². The van der Waals surface area contributed by atoms with Crippen LogP contribution in [0.3, 0.4) is 0 Å². The van der Waals surface area contributed by atoms with Gasteiger partial charge in [-0.05, 0) is 36.3 Å². The topological polar surface area (TPSA) is 77.0 Å². The Labute approximate surface area is 158 Å². The SMILES string of the molecule is NC1[C@@H]2CC[C@H]1CN(C(=O)c1cnc3c(c1)ncn3Cc1ccccc1)C2. The number of amides is 1. The van der Waals surface area contributed by atoms with Gasteiger partial charge in [-0.2, -0.15) is 0 Å². The number of carbonyl (C=O) groups excluding carboxylic acids is 1. The van der Waals surface area contributed by atoms with Crippen LogP contribution in [-0.2, 0) is 6.54 Å². The molecule has 0 radical (unpaired) electrons. The van der Waals surface area contributed by atoms with Gasteiger partial charge in [-0.1, -0.05) is 30.3 Å². The number of nitrogens with zero attached hydrogens (tertiary/aromatic N) is 4. The summed E-state index contributed by atoms with van der Waals surface area (Å²) in [6.45, 7) is 2.24. The molecule has 1 unspecified atom stereocenters. The third-order valence-electron chi connectivity index (χ3n) is 6.09. The first kappa shape index (κ1) is 16.4. The number of fused-ring (bicyclic) bond motifs is 3. The standard InChI is InChI=1S/C21H23N5O/c22-19-15-6-7-16(19)12-25(11-15)21(27)17-8-18-20(23-9-17)26(13-24-18)10-14-4-2-1-3-5-14/h1-5,8-9,13,15-16,19H,6-7,10-12,22H2/t15-,16+,19?. The van der Waals surface area contributed by atoms with Crippen molar-refractivity contribution in [1.82, 2.24) is 19.4 Å². The Balaban J connectivity index is 1.38. The van der Waals surface area contributed by atoms with E-state index in [0.717, 1.165) is 37.1 Å². The first-order valence-corrected chi connectivity index (χ1v) is 9.59. The molecule has 2 fully saturated rings. The van der Waals surface area contributed by atoms with Crippen LogP contribution in [-0.4, -0.2) is 44.5 Å². The second kappa shape index (κ2) is 6.46. The van der Waals surface area contributed by atoms with Crippen LogP contribution in [0.25, 0.3) is 11.2 Å². The molecule has 1 saturated carbocycles. The Morgan fingerprint density at radius 1 is 1.11 bits per heavy atom. The summed E-state index contributed by atoms with van der Waals surface area (Å²) in [5.74, 6) is 0.926. The van der Waals surface area contributed by atoms with E-state index in [2.05, 4.69) is 22.1 Å². The van der Waals surface area contributed by atoms with Crippen molar-refractivity contribution in [3.8, 4) is 0 Å². The van der Waals surface area contributed by atoms with Gasteiger partial charge in [0.2, 0.25) is 0 Å². The molecule has 27 heavy (non-hydrogen) atoms. The molecule has 138 valence electrons. The summed E-state index contributed by atoms with van der Waals surface area (Å²) in [5, 5.41) is 0. The van der Waals surface area contributed by atoms with Crippen molar-refractivity contribution in [1.29, 1.82) is 0 Å². The molecule has 2 bridgehead atoms. The average molecular weight is 361 g/mol. The maximum Gasteiger partial charge on any atom is 0.255 e. The zero-order valence-electron chi connectivity index (χ0n) is 15.2. The fraction of sp³-hybridized carbons (Fsp3) is 0.381. The summed E-state index contributed by atoms with van der Waals surface area (Å²) < 4.78 is 2.01. The summed E-state index contributed by atoms with van der Waals surface area (Å²) >= 11 is 0. The molecule has 2 aliphatic rings. The van der Waals surface area contributed by atoms with E-state index in [9.17, 15) is 4.79 Å². The van der Waals surface area contributed by atoms with E-state index in [0.29, 0.717) is 23.9 Å². The lowest BCUT2D eigenvalue weighted by atomic mass is 9.93. The van der Waals surface area contributed by atoms with Crippen LogP contribution in [0.2, 0.25) is 0 Å². The largest absolute Gasteiger partial charge is 0.338 e. The lowest BCUT2D eigenvalue weighted by Crippen LogP contribution is -2.50. The monoisotopic (exact) mass is 361 g/mol. The predicted molar refractivity (Wildman–Crippen MR) is 103 cm³/mol. The van der Waals surface area contributed by atoms with Crippen LogP contribution in [0.15, 0.2) is 48.9 Å². The summed E-state index contributed by atoms with van der Waals surface area (Å²) in [6.07, 6.45) is 5.75. The molecule has 3 aromatic rings. The normalized spacial score (nSPS) is 24.5. The number of pyridine rings is 1. The zero-order chi connectivity index (χ0) is 18.4. The maximum atomic E-state index is 13.0. The highest BCUT2D eigenvalue weighted by Crippen LogP contribution is 2.36. The van der Waals surface area contributed by atoms with Gasteiger partial charge in [0.05, 0.1) is 18.4 Å². The number of hydrogen-bond donors (Lipinski definition) is 1. The maximum absolute atomic E-state index is 13.0. The van der Waals surface area contributed by atoms with Gasteiger partial charge in [0.1, 0.15) is 5.52 Å². The van der Waals surface area contributed by atoms with Gasteiger partial charge in [-0.15, -0.1) is 0 Å². The van der Waals surface area contributed by atoms with Crippen LogP contribution in [0, 0.1) is 11.8 Å². The number of rotatable bonds is 3. The number of hydrogen-bond acceptors (Lipinski definition) is 4. The van der Waals surface area contributed by atoms with E-state index < -0.39 is 0 Å². The number of piperidine rings is 1. The fourth-order valence-electron chi connectivity index (χ4n) is 4.57. The molecule has 2 aromatic heterocycles. The van der Waals surface area contributed by atoms with Crippen LogP contribution in [0.4, 0.5) is 0 Å². The van der Waals surface area contributed by atoms with Crippen LogP contribution < -0.4 is 5.73 Å². The molecular weight excluding hydrogens is 338 g/mol. The number of benzene rings is 1. The Morgan fingerprint density at radius 3 is 2.59 bits per heavy atom. The van der Waals surface area contributed by atoms with Crippen molar-refractivity contribution < 1.29 is 4.79 Å². The van der Waals surface area contributed by atoms with Gasteiger partial charge in [0.25, 0.3) is 5.91 Å². The molecular formula is C21H23N5O. The minimum atomic E-state index is 0.0470. The summed E-state index contributed by atoms with van der Waals surface area (Å²) in [4.78, 5) is 23.9. The molecule has 6 nitrogen and oxygen atoms in total. The van der Waals surface area contributed by atoms with E-state index in [1.54, 1.807) is 12.5 Å². The Hall–Kier alpha value is -2.73. The molecule has 1 aliphatic heterocycles. The fourth-order valence-corrected chi connectivity index (χ4v) is 4.57. The summed E-state index contributed by atoms with van der Waals surface area (Å²) in [6, 6.07) is 12.3. The van der Waals surface area contributed by atoms with Crippen molar-refractivity contribution in [2.45, 2.75) is 25.4 Å². The molecule has 3 atom stereocenters. The Bertz CT molecular complexity index is 969. The molecule has 1 saturated heterocycles. The molecule has 1 aromatic carbocycles. The highest BCUT2D eigenvalue weighted by molar-refractivity contribution is 5.96. The van der Waals surface area contributed by atoms with Crippen molar-refractivity contribution in [3.63, 3.8) is 0 Å². The van der Waals surface area contributed by atoms with Gasteiger partial charge in [0, 0.05) is 25.3 Å². The lowest BCUT2D eigenvalue weighted by molar-refractivity contribution is 0.0637. The number of nitrogens with two attached hydrogens (primary N) is 1. The van der Waals surface area contributed by atoms with E-state index in [1.165, 1.54) is 5.56 Å². The number of aromatic nitrogens is 3. The van der Waals surface area contributed by atoms with Crippen LogP contribution in [0.1, 0.15) is 28.8 Å². The third-order valence-corrected chi connectivity index (χ3v) is 6.09. The number of imidazole rings is 1. The van der Waals surface area contributed by atoms with Gasteiger partial charge in [-0.25, -0.2) is 9.97 Å². The number of carbonyl (C=O) groups is 1. The van der Waals surface area contributed by atoms with Gasteiger partial charge in [0.15, 0.2) is 5.65 Å². The smallest absolute Gasteiger partial charge is 0.255 e. The summed E-state index contributed by atoms with van der Waals surface area (Å²) in [5.41, 5.74) is 9.63. The minimum absolute atomic E-state index is 0.0470. The van der Waals surface area contributed by atoms with Gasteiger partial charge < -0.3 is 15.2 Å². The second-order valence-electron chi connectivity index (χ2n) is 7.81. The first-order valence-electron chi connectivity index (χ1n) is 9.59. The average Bonchev–Trinajstić information content (AvgIpc) is 3.16. The molecule has 5 rings (SSSR count). The van der Waals surface area contributed by atoms with Gasteiger partial charge in [-0.3, -0.25) is 4.79 Å². The summed E-state index contributed by atoms with van der Waals surface area (Å²) in [7, 11) is 0. The second-order valence-corrected chi connectivity index (χ2v) is 7.81. The predicted octanol–water partition coefficient (Wildman–Crippen LogP) is 2.29. The Morgan fingerprint density at radius 2 is 1.85 bits per heavy atom. The van der Waals surface area contributed by atoms with Crippen LogP contribution in [0.5, 0.6) is 0 Å². The van der Waals surface area contributed by atoms with Gasteiger partial charge >= 0.3 is 0 Å². The zero-order valence-corrected chi connectivity index (χ0v) is 15.2. The molecule has 1 amide bonds. The minimum Gasteiger partial charge on any atom is -0.338 e. The van der Waals surface area contributed by atoms with Crippen molar-refractivity contribution in [2.75, 3.05) is 13.1 Å². The third kappa shape index (κ3) is 2.90. The quantitative estimate of drug-likeness (QED) is 0.776. The van der Waals surface area contributed by atoms with E-state index >= 15 is 0 Å². The van der Waals surface area contributed by atoms with E-state index in [4.69, 9.17) is 5.73 Å². The molecule has 6 heteroatoms. The van der Waals surface area contributed by atoms with E-state index in [-0.39, 0.29) is 11.9 Å². The Kier molecular flexibility index (Phi) is 3.93. The first-order chi connectivity index (χ1) is 13.2. The van der Waals surface area contributed by atoms with Crippen molar-refractivity contribution >= 4 is 17.1 Å². The number of likely N-dealkylation sites (tertiary alicyclic amines) is 1. The van der Waals surface area contributed by atoms with Crippen molar-refractivity contribution in [3.05, 3.63) is 60.0 Å². The van der Waals surface area contributed by atoms with Crippen molar-refractivity contribution in [2.24, 2.45) is 17.6 Å². The molecule has 2 N–H and O–H groups in total. The molecule has 3 heterocycles. The highest BCUT2D eigenvalue weighted by atomic mass is 16.2. The highest BCUT2D eigenvalue weighted by Gasteiger charge is 2.41.